The van der Waals surface area contributed by atoms with Crippen LogP contribution in [0.1, 0.15) is 12.5 Å². The molecule has 1 fully saturated rings. The van der Waals surface area contributed by atoms with Crippen LogP contribution in [0, 0.1) is 11.3 Å². The van der Waals surface area contributed by atoms with Crippen LogP contribution in [0.2, 0.25) is 0 Å². The Morgan fingerprint density at radius 3 is 2.75 bits per heavy atom. The normalized spacial score (nSPS) is 16.0. The van der Waals surface area contributed by atoms with E-state index in [1.165, 1.54) is 4.90 Å². The zero-order valence-corrected chi connectivity index (χ0v) is 11.1. The topological polar surface area (TPSA) is 82.4 Å². The lowest BCUT2D eigenvalue weighted by atomic mass is 10.2. The molecule has 1 aromatic carbocycles. The summed E-state index contributed by atoms with van der Waals surface area (Å²) in [6.07, 6.45) is -0.672. The van der Waals surface area contributed by atoms with Crippen molar-refractivity contribution in [1.29, 1.82) is 5.26 Å². The molecule has 1 heterocycles. The van der Waals surface area contributed by atoms with E-state index in [0.29, 0.717) is 24.4 Å². The maximum absolute atomic E-state index is 12.1. The van der Waals surface area contributed by atoms with Gasteiger partial charge in [0.1, 0.15) is 5.75 Å². The number of ether oxygens (including phenoxy) is 1. The van der Waals surface area contributed by atoms with Crippen molar-refractivity contribution in [2.24, 2.45) is 0 Å². The second-order valence-corrected chi connectivity index (χ2v) is 4.51. The molecule has 2 rings (SSSR count). The highest BCUT2D eigenvalue weighted by atomic mass is 16.5. The molecule has 0 saturated carbocycles. The van der Waals surface area contributed by atoms with Crippen LogP contribution in [0.15, 0.2) is 24.3 Å². The summed E-state index contributed by atoms with van der Waals surface area (Å²) in [5.41, 5.74) is 0.532. The van der Waals surface area contributed by atoms with Gasteiger partial charge in [-0.05, 0) is 31.2 Å². The average Bonchev–Trinajstić information content (AvgIpc) is 2.47. The molecule has 1 unspecified atom stereocenters. The van der Waals surface area contributed by atoms with Gasteiger partial charge in [-0.1, -0.05) is 0 Å². The molecule has 1 aliphatic rings. The molecule has 0 bridgehead atoms. The minimum atomic E-state index is -0.672. The van der Waals surface area contributed by atoms with Crippen LogP contribution in [-0.4, -0.2) is 42.5 Å². The Bertz CT molecular complexity index is 548. The van der Waals surface area contributed by atoms with Crippen LogP contribution in [-0.2, 0) is 9.59 Å². The number of nitrogens with one attached hydrogen (secondary N) is 1. The number of carbonyl (C=O) groups excluding carboxylic acids is 2. The van der Waals surface area contributed by atoms with Crippen LogP contribution in [0.5, 0.6) is 5.75 Å². The number of nitrogens with zero attached hydrogens (tertiary/aromatic N) is 2. The molecule has 2 amide bonds. The number of piperazine rings is 1. The smallest absolute Gasteiger partial charge is 0.263 e. The van der Waals surface area contributed by atoms with Crippen molar-refractivity contribution in [3.05, 3.63) is 29.8 Å². The molecule has 104 valence electrons. The van der Waals surface area contributed by atoms with Crippen molar-refractivity contribution >= 4 is 11.8 Å². The van der Waals surface area contributed by atoms with Gasteiger partial charge in [-0.2, -0.15) is 5.26 Å². The fourth-order valence-corrected chi connectivity index (χ4v) is 1.95. The quantitative estimate of drug-likeness (QED) is 0.857. The lowest BCUT2D eigenvalue weighted by Crippen LogP contribution is -2.53. The van der Waals surface area contributed by atoms with E-state index >= 15 is 0 Å². The number of amides is 2. The van der Waals surface area contributed by atoms with E-state index < -0.39 is 6.10 Å². The highest BCUT2D eigenvalue weighted by molar-refractivity contribution is 5.88. The van der Waals surface area contributed by atoms with Crippen LogP contribution in [0.4, 0.5) is 0 Å². The third kappa shape index (κ3) is 3.26. The van der Waals surface area contributed by atoms with E-state index in [-0.39, 0.29) is 18.4 Å². The number of hydrogen-bond donors (Lipinski definition) is 1. The fourth-order valence-electron chi connectivity index (χ4n) is 1.95. The van der Waals surface area contributed by atoms with Crippen LogP contribution < -0.4 is 10.1 Å². The van der Waals surface area contributed by atoms with Gasteiger partial charge in [0, 0.05) is 13.1 Å². The molecule has 1 saturated heterocycles. The molecular weight excluding hydrogens is 258 g/mol. The largest absolute Gasteiger partial charge is 0.481 e. The molecule has 1 atom stereocenters. The number of nitriles is 1. The van der Waals surface area contributed by atoms with Crippen LogP contribution >= 0.6 is 0 Å². The van der Waals surface area contributed by atoms with Crippen LogP contribution in [0.25, 0.3) is 0 Å². The molecule has 1 aromatic rings. The van der Waals surface area contributed by atoms with Crippen LogP contribution in [0.3, 0.4) is 0 Å². The van der Waals surface area contributed by atoms with Crippen molar-refractivity contribution < 1.29 is 14.3 Å². The second kappa shape index (κ2) is 6.06. The van der Waals surface area contributed by atoms with E-state index in [1.54, 1.807) is 31.2 Å². The molecule has 0 spiro atoms. The Morgan fingerprint density at radius 1 is 1.45 bits per heavy atom. The Balaban J connectivity index is 1.96. The van der Waals surface area contributed by atoms with E-state index in [4.69, 9.17) is 10.00 Å². The summed E-state index contributed by atoms with van der Waals surface area (Å²) < 4.78 is 5.53. The van der Waals surface area contributed by atoms with Crippen molar-refractivity contribution in [1.82, 2.24) is 10.2 Å². The molecular formula is C14H15N3O3. The van der Waals surface area contributed by atoms with Gasteiger partial charge in [-0.25, -0.2) is 0 Å². The predicted molar refractivity (Wildman–Crippen MR) is 70.8 cm³/mol. The van der Waals surface area contributed by atoms with Gasteiger partial charge in [-0.3, -0.25) is 9.59 Å². The third-order valence-electron chi connectivity index (χ3n) is 2.99. The van der Waals surface area contributed by atoms with E-state index in [1.807, 2.05) is 6.07 Å². The maximum Gasteiger partial charge on any atom is 0.263 e. The summed E-state index contributed by atoms with van der Waals surface area (Å²) in [5, 5.41) is 11.4. The van der Waals surface area contributed by atoms with E-state index in [2.05, 4.69) is 5.32 Å². The number of benzene rings is 1. The first kappa shape index (κ1) is 13.9. The first-order chi connectivity index (χ1) is 9.60. The molecule has 1 aliphatic heterocycles. The summed E-state index contributed by atoms with van der Waals surface area (Å²) in [6.45, 7) is 2.67. The van der Waals surface area contributed by atoms with Gasteiger partial charge in [0.15, 0.2) is 6.10 Å². The highest BCUT2D eigenvalue weighted by Crippen LogP contribution is 2.14. The molecule has 0 aliphatic carbocycles. The van der Waals surface area contributed by atoms with Gasteiger partial charge in [-0.15, -0.1) is 0 Å². The van der Waals surface area contributed by atoms with Gasteiger partial charge in [0.25, 0.3) is 5.91 Å². The monoisotopic (exact) mass is 273 g/mol. The van der Waals surface area contributed by atoms with E-state index in [0.717, 1.165) is 0 Å². The maximum atomic E-state index is 12.1. The standard InChI is InChI=1S/C14H15N3O3/c1-10(14(19)17-7-6-16-13(18)9-17)20-12-4-2-11(8-15)3-5-12/h2-5,10H,6-7,9H2,1H3,(H,16,18). The summed E-state index contributed by atoms with van der Waals surface area (Å²) in [7, 11) is 0. The molecule has 1 N–H and O–H groups in total. The van der Waals surface area contributed by atoms with Crippen molar-refractivity contribution in [3.63, 3.8) is 0 Å². The average molecular weight is 273 g/mol. The second-order valence-electron chi connectivity index (χ2n) is 4.51. The highest BCUT2D eigenvalue weighted by Gasteiger charge is 2.26. The number of carbonyl (C=O) groups is 2. The summed E-state index contributed by atoms with van der Waals surface area (Å²) in [6, 6.07) is 8.55. The number of hydrogen-bond acceptors (Lipinski definition) is 4. The van der Waals surface area contributed by atoms with Gasteiger partial charge < -0.3 is 15.0 Å². The number of rotatable bonds is 3. The zero-order chi connectivity index (χ0) is 14.5. The Kier molecular flexibility index (Phi) is 4.20. The Hall–Kier alpha value is -2.55. The summed E-state index contributed by atoms with van der Waals surface area (Å²) in [5.74, 6) is 0.144. The van der Waals surface area contributed by atoms with Gasteiger partial charge in [0.2, 0.25) is 5.91 Å². The minimum absolute atomic E-state index is 0.0693. The first-order valence-electron chi connectivity index (χ1n) is 6.32. The molecule has 0 radical (unpaired) electrons. The lowest BCUT2D eigenvalue weighted by molar-refractivity contribution is -0.143. The Labute approximate surface area is 116 Å². The predicted octanol–water partition coefficient (Wildman–Crippen LogP) is 0.284. The van der Waals surface area contributed by atoms with Gasteiger partial charge in [0.05, 0.1) is 18.2 Å². The fraction of sp³-hybridized carbons (Fsp3) is 0.357. The molecule has 6 heteroatoms. The molecule has 20 heavy (non-hydrogen) atoms. The van der Waals surface area contributed by atoms with E-state index in [9.17, 15) is 9.59 Å². The Morgan fingerprint density at radius 2 is 2.15 bits per heavy atom. The molecule has 0 aromatic heterocycles. The lowest BCUT2D eigenvalue weighted by Gasteiger charge is -2.29. The minimum Gasteiger partial charge on any atom is -0.481 e. The zero-order valence-electron chi connectivity index (χ0n) is 11.1. The third-order valence-corrected chi connectivity index (χ3v) is 2.99. The van der Waals surface area contributed by atoms with Crippen molar-refractivity contribution in [3.8, 4) is 11.8 Å². The SMILES string of the molecule is CC(Oc1ccc(C#N)cc1)C(=O)N1CCNC(=O)C1. The van der Waals surface area contributed by atoms with Crippen molar-refractivity contribution in [2.75, 3.05) is 19.6 Å². The summed E-state index contributed by atoms with van der Waals surface area (Å²) in [4.78, 5) is 24.9. The first-order valence-corrected chi connectivity index (χ1v) is 6.32. The molecule has 6 nitrogen and oxygen atoms in total. The van der Waals surface area contributed by atoms with Crippen molar-refractivity contribution in [2.45, 2.75) is 13.0 Å². The summed E-state index contributed by atoms with van der Waals surface area (Å²) >= 11 is 0. The van der Waals surface area contributed by atoms with Gasteiger partial charge >= 0.3 is 0 Å².